The maximum atomic E-state index is 6.06. The van der Waals surface area contributed by atoms with E-state index in [1.54, 1.807) is 16.8 Å². The zero-order valence-electron chi connectivity index (χ0n) is 8.61. The predicted octanol–water partition coefficient (Wildman–Crippen LogP) is 2.29. The molecule has 16 heavy (non-hydrogen) atoms. The van der Waals surface area contributed by atoms with E-state index in [2.05, 4.69) is 15.6 Å². The number of aromatic nitrogens is 3. The van der Waals surface area contributed by atoms with Crippen LogP contribution in [0.2, 0.25) is 10.0 Å². The number of benzene rings is 1. The summed E-state index contributed by atoms with van der Waals surface area (Å²) in [5.41, 5.74) is 1.62. The van der Waals surface area contributed by atoms with Crippen LogP contribution in [0, 0.1) is 0 Å². The second-order valence-electron chi connectivity index (χ2n) is 3.28. The number of hydrogen-bond donors (Lipinski definition) is 1. The van der Waals surface area contributed by atoms with E-state index in [0.717, 1.165) is 11.4 Å². The van der Waals surface area contributed by atoms with Gasteiger partial charge in [-0.25, -0.2) is 4.68 Å². The first kappa shape index (κ1) is 11.4. The Morgan fingerprint density at radius 3 is 2.88 bits per heavy atom. The highest BCUT2D eigenvalue weighted by Gasteiger charge is 2.06. The molecule has 0 fully saturated rings. The lowest BCUT2D eigenvalue weighted by molar-refractivity contribution is 0.767. The molecule has 0 saturated carbocycles. The van der Waals surface area contributed by atoms with E-state index in [0.29, 0.717) is 16.6 Å². The molecule has 84 valence electrons. The van der Waals surface area contributed by atoms with Crippen molar-refractivity contribution in [3.63, 3.8) is 0 Å². The van der Waals surface area contributed by atoms with Gasteiger partial charge in [0.25, 0.3) is 0 Å². The van der Waals surface area contributed by atoms with Crippen molar-refractivity contribution in [3.8, 4) is 5.69 Å². The molecule has 0 aliphatic heterocycles. The average molecular weight is 257 g/mol. The van der Waals surface area contributed by atoms with Crippen molar-refractivity contribution in [1.82, 2.24) is 20.3 Å². The first-order chi connectivity index (χ1) is 7.70. The van der Waals surface area contributed by atoms with Crippen molar-refractivity contribution in [2.45, 2.75) is 6.54 Å². The third-order valence-electron chi connectivity index (χ3n) is 2.06. The molecule has 0 amide bonds. The van der Waals surface area contributed by atoms with E-state index in [1.165, 1.54) is 0 Å². The molecule has 1 aromatic carbocycles. The van der Waals surface area contributed by atoms with Crippen LogP contribution in [-0.2, 0) is 6.54 Å². The zero-order valence-corrected chi connectivity index (χ0v) is 10.1. The lowest BCUT2D eigenvalue weighted by Crippen LogP contribution is -2.05. The third-order valence-corrected chi connectivity index (χ3v) is 2.59. The van der Waals surface area contributed by atoms with Crippen LogP contribution in [0.1, 0.15) is 5.69 Å². The minimum atomic E-state index is 0.549. The molecule has 1 heterocycles. The van der Waals surface area contributed by atoms with Crippen LogP contribution < -0.4 is 5.32 Å². The Kier molecular flexibility index (Phi) is 3.43. The van der Waals surface area contributed by atoms with E-state index < -0.39 is 0 Å². The summed E-state index contributed by atoms with van der Waals surface area (Å²) in [7, 11) is 1.86. The van der Waals surface area contributed by atoms with Gasteiger partial charge in [-0.3, -0.25) is 0 Å². The van der Waals surface area contributed by atoms with Gasteiger partial charge in [0.05, 0.1) is 22.6 Å². The summed E-state index contributed by atoms with van der Waals surface area (Å²) in [6.45, 7) is 0.672. The highest BCUT2D eigenvalue weighted by atomic mass is 35.5. The number of nitrogens with zero attached hydrogens (tertiary/aromatic N) is 3. The van der Waals surface area contributed by atoms with Gasteiger partial charge in [0.1, 0.15) is 0 Å². The van der Waals surface area contributed by atoms with Crippen LogP contribution in [0.4, 0.5) is 0 Å². The maximum Gasteiger partial charge on any atom is 0.0969 e. The van der Waals surface area contributed by atoms with Crippen molar-refractivity contribution < 1.29 is 0 Å². The van der Waals surface area contributed by atoms with Gasteiger partial charge in [0, 0.05) is 11.6 Å². The molecule has 6 heteroatoms. The number of halogens is 2. The molecule has 0 aliphatic carbocycles. The van der Waals surface area contributed by atoms with Crippen LogP contribution in [0.3, 0.4) is 0 Å². The van der Waals surface area contributed by atoms with Crippen molar-refractivity contribution in [2.24, 2.45) is 0 Å². The van der Waals surface area contributed by atoms with Gasteiger partial charge in [-0.05, 0) is 25.2 Å². The molecule has 4 nitrogen and oxygen atoms in total. The summed E-state index contributed by atoms with van der Waals surface area (Å²) in [5.74, 6) is 0. The normalized spacial score (nSPS) is 10.7. The van der Waals surface area contributed by atoms with Gasteiger partial charge in [-0.2, -0.15) is 0 Å². The SMILES string of the molecule is CNCc1cn(-c2ccc(Cl)cc2Cl)nn1. The monoisotopic (exact) mass is 256 g/mol. The standard InChI is InChI=1S/C10H10Cl2N4/c1-13-5-8-6-16(15-14-8)10-3-2-7(11)4-9(10)12/h2-4,6,13H,5H2,1H3. The fraction of sp³-hybridized carbons (Fsp3) is 0.200. The number of rotatable bonds is 3. The lowest BCUT2D eigenvalue weighted by Gasteiger charge is -2.02. The lowest BCUT2D eigenvalue weighted by atomic mass is 10.3. The van der Waals surface area contributed by atoms with E-state index in [4.69, 9.17) is 23.2 Å². The Morgan fingerprint density at radius 1 is 1.38 bits per heavy atom. The van der Waals surface area contributed by atoms with Crippen LogP contribution >= 0.6 is 23.2 Å². The minimum Gasteiger partial charge on any atom is -0.314 e. The molecule has 0 radical (unpaired) electrons. The van der Waals surface area contributed by atoms with Crippen LogP contribution in [0.5, 0.6) is 0 Å². The average Bonchev–Trinajstić information content (AvgIpc) is 2.67. The minimum absolute atomic E-state index is 0.549. The van der Waals surface area contributed by atoms with Gasteiger partial charge in [0.15, 0.2) is 0 Å². The Morgan fingerprint density at radius 2 is 2.19 bits per heavy atom. The first-order valence-electron chi connectivity index (χ1n) is 4.72. The van der Waals surface area contributed by atoms with E-state index >= 15 is 0 Å². The summed E-state index contributed by atoms with van der Waals surface area (Å²) < 4.78 is 1.63. The van der Waals surface area contributed by atoms with Crippen LogP contribution in [0.15, 0.2) is 24.4 Å². The fourth-order valence-electron chi connectivity index (χ4n) is 1.35. The van der Waals surface area contributed by atoms with Crippen molar-refractivity contribution in [3.05, 3.63) is 40.1 Å². The Bertz CT molecular complexity index is 495. The first-order valence-corrected chi connectivity index (χ1v) is 5.47. The van der Waals surface area contributed by atoms with Gasteiger partial charge >= 0.3 is 0 Å². The van der Waals surface area contributed by atoms with Crippen molar-refractivity contribution in [2.75, 3.05) is 7.05 Å². The third kappa shape index (κ3) is 2.35. The molecular weight excluding hydrogens is 247 g/mol. The molecule has 0 saturated heterocycles. The Balaban J connectivity index is 2.35. The molecule has 0 aliphatic rings. The highest BCUT2D eigenvalue weighted by Crippen LogP contribution is 2.23. The second kappa shape index (κ2) is 4.82. The van der Waals surface area contributed by atoms with Gasteiger partial charge < -0.3 is 5.32 Å². The largest absolute Gasteiger partial charge is 0.314 e. The van der Waals surface area contributed by atoms with Crippen molar-refractivity contribution >= 4 is 23.2 Å². The molecule has 0 atom stereocenters. The highest BCUT2D eigenvalue weighted by molar-refractivity contribution is 6.35. The summed E-state index contributed by atoms with van der Waals surface area (Å²) >= 11 is 11.9. The Labute approximate surface area is 103 Å². The molecule has 1 aromatic heterocycles. The van der Waals surface area contributed by atoms with Crippen molar-refractivity contribution in [1.29, 1.82) is 0 Å². The maximum absolute atomic E-state index is 6.06. The molecule has 2 aromatic rings. The molecular formula is C10H10Cl2N4. The van der Waals surface area contributed by atoms with Gasteiger partial charge in [-0.15, -0.1) is 5.10 Å². The molecule has 0 spiro atoms. The molecule has 0 unspecified atom stereocenters. The Hall–Kier alpha value is -1.10. The summed E-state index contributed by atoms with van der Waals surface area (Å²) in [6, 6.07) is 5.25. The van der Waals surface area contributed by atoms with Gasteiger partial charge in [-0.1, -0.05) is 28.4 Å². The molecule has 1 N–H and O–H groups in total. The topological polar surface area (TPSA) is 42.7 Å². The van der Waals surface area contributed by atoms with E-state index in [-0.39, 0.29) is 0 Å². The second-order valence-corrected chi connectivity index (χ2v) is 4.12. The summed E-state index contributed by atoms with van der Waals surface area (Å²) in [4.78, 5) is 0. The van der Waals surface area contributed by atoms with Crippen LogP contribution in [-0.4, -0.2) is 22.0 Å². The zero-order chi connectivity index (χ0) is 11.5. The summed E-state index contributed by atoms with van der Waals surface area (Å²) in [5, 5.41) is 12.2. The fourth-order valence-corrected chi connectivity index (χ4v) is 1.84. The smallest absolute Gasteiger partial charge is 0.0969 e. The molecule has 0 bridgehead atoms. The van der Waals surface area contributed by atoms with E-state index in [1.807, 2.05) is 19.3 Å². The van der Waals surface area contributed by atoms with E-state index in [9.17, 15) is 0 Å². The number of nitrogens with one attached hydrogen (secondary N) is 1. The predicted molar refractivity (Wildman–Crippen MR) is 64.1 cm³/mol. The summed E-state index contributed by atoms with van der Waals surface area (Å²) in [6.07, 6.45) is 1.83. The number of hydrogen-bond acceptors (Lipinski definition) is 3. The van der Waals surface area contributed by atoms with Crippen LogP contribution in [0.25, 0.3) is 5.69 Å². The van der Waals surface area contributed by atoms with Gasteiger partial charge in [0.2, 0.25) is 0 Å². The molecule has 2 rings (SSSR count). The quantitative estimate of drug-likeness (QED) is 0.917.